The van der Waals surface area contributed by atoms with Gasteiger partial charge in [0.15, 0.2) is 0 Å². The van der Waals surface area contributed by atoms with Gasteiger partial charge < -0.3 is 15.3 Å². The number of carboxylic acids is 1. The standard InChI is InChI=1S/C20H20N2O4/c1-12-9-13(2)16(10-15(12)20(25)26)21-18(23)11-22-17-6-4-3-5-14(17)7-8-19(22)24/h3-6,9-10H,7-8,11H2,1-2H3,(H,21,23)(H,25,26). The third kappa shape index (κ3) is 3.44. The van der Waals surface area contributed by atoms with Crippen molar-refractivity contribution in [3.05, 3.63) is 58.7 Å². The Hall–Kier alpha value is -3.15. The minimum absolute atomic E-state index is 0.0919. The number of carbonyl (C=O) groups is 3. The number of anilines is 2. The summed E-state index contributed by atoms with van der Waals surface area (Å²) in [4.78, 5) is 37.6. The molecule has 2 amide bonds. The minimum Gasteiger partial charge on any atom is -0.478 e. The van der Waals surface area contributed by atoms with Crippen molar-refractivity contribution >= 4 is 29.2 Å². The first-order valence-corrected chi connectivity index (χ1v) is 8.39. The predicted octanol–water partition coefficient (Wildman–Crippen LogP) is 2.92. The monoisotopic (exact) mass is 352 g/mol. The van der Waals surface area contributed by atoms with E-state index >= 15 is 0 Å². The molecular formula is C20H20N2O4. The van der Waals surface area contributed by atoms with E-state index in [1.54, 1.807) is 19.9 Å². The fourth-order valence-corrected chi connectivity index (χ4v) is 3.22. The first-order chi connectivity index (χ1) is 12.4. The van der Waals surface area contributed by atoms with Crippen LogP contribution in [-0.2, 0) is 16.0 Å². The number of fused-ring (bicyclic) bond motifs is 1. The zero-order valence-electron chi connectivity index (χ0n) is 14.7. The number of nitrogens with one attached hydrogen (secondary N) is 1. The molecule has 0 unspecified atom stereocenters. The van der Waals surface area contributed by atoms with Crippen LogP contribution >= 0.6 is 0 Å². The first kappa shape index (κ1) is 17.7. The Labute approximate surface area is 151 Å². The molecule has 0 aromatic heterocycles. The fourth-order valence-electron chi connectivity index (χ4n) is 3.22. The van der Waals surface area contributed by atoms with Crippen molar-refractivity contribution in [2.45, 2.75) is 26.7 Å². The molecule has 6 heteroatoms. The Bertz CT molecular complexity index is 905. The molecule has 0 fully saturated rings. The van der Waals surface area contributed by atoms with Crippen LogP contribution in [-0.4, -0.2) is 29.4 Å². The number of carboxylic acid groups (broad SMARTS) is 1. The lowest BCUT2D eigenvalue weighted by molar-refractivity contribution is -0.121. The van der Waals surface area contributed by atoms with Crippen molar-refractivity contribution in [2.24, 2.45) is 0 Å². The molecule has 0 aliphatic carbocycles. The molecular weight excluding hydrogens is 332 g/mol. The molecule has 0 spiro atoms. The van der Waals surface area contributed by atoms with Gasteiger partial charge in [-0.15, -0.1) is 0 Å². The molecule has 134 valence electrons. The number of benzene rings is 2. The van der Waals surface area contributed by atoms with Gasteiger partial charge in [0.1, 0.15) is 6.54 Å². The molecule has 6 nitrogen and oxygen atoms in total. The van der Waals surface area contributed by atoms with Crippen molar-refractivity contribution < 1.29 is 19.5 Å². The second-order valence-electron chi connectivity index (χ2n) is 6.44. The van der Waals surface area contributed by atoms with Gasteiger partial charge in [-0.2, -0.15) is 0 Å². The topological polar surface area (TPSA) is 86.7 Å². The highest BCUT2D eigenvalue weighted by Gasteiger charge is 2.25. The van der Waals surface area contributed by atoms with E-state index < -0.39 is 5.97 Å². The van der Waals surface area contributed by atoms with Crippen LogP contribution in [0.25, 0.3) is 0 Å². The van der Waals surface area contributed by atoms with Gasteiger partial charge in [-0.3, -0.25) is 9.59 Å². The van der Waals surface area contributed by atoms with Crippen LogP contribution in [0.1, 0.15) is 33.5 Å². The molecule has 2 aromatic rings. The van der Waals surface area contributed by atoms with E-state index in [2.05, 4.69) is 5.32 Å². The molecule has 0 radical (unpaired) electrons. The van der Waals surface area contributed by atoms with Crippen LogP contribution < -0.4 is 10.2 Å². The number of para-hydroxylation sites is 1. The van der Waals surface area contributed by atoms with Gasteiger partial charge in [-0.1, -0.05) is 24.3 Å². The SMILES string of the molecule is Cc1cc(C)c(C(=O)O)cc1NC(=O)CN1C(=O)CCc2ccccc21. The molecule has 2 aromatic carbocycles. The third-order valence-corrected chi connectivity index (χ3v) is 4.57. The maximum absolute atomic E-state index is 12.5. The van der Waals surface area contributed by atoms with Gasteiger partial charge in [0.2, 0.25) is 11.8 Å². The Kier molecular flexibility index (Phi) is 4.75. The number of aryl methyl sites for hydroxylation is 3. The van der Waals surface area contributed by atoms with Crippen LogP contribution in [0.4, 0.5) is 11.4 Å². The molecule has 1 heterocycles. The van der Waals surface area contributed by atoms with E-state index in [4.69, 9.17) is 0 Å². The van der Waals surface area contributed by atoms with Crippen molar-refractivity contribution in [1.82, 2.24) is 0 Å². The van der Waals surface area contributed by atoms with E-state index in [-0.39, 0.29) is 23.9 Å². The van der Waals surface area contributed by atoms with Gasteiger partial charge in [0.05, 0.1) is 5.56 Å². The first-order valence-electron chi connectivity index (χ1n) is 8.39. The Balaban J connectivity index is 1.81. The summed E-state index contributed by atoms with van der Waals surface area (Å²) < 4.78 is 0. The highest BCUT2D eigenvalue weighted by Crippen LogP contribution is 2.27. The van der Waals surface area contributed by atoms with Crippen LogP contribution in [0.2, 0.25) is 0 Å². The largest absolute Gasteiger partial charge is 0.478 e. The number of hydrogen-bond donors (Lipinski definition) is 2. The van der Waals surface area contributed by atoms with E-state index in [0.717, 1.165) is 16.8 Å². The molecule has 1 aliphatic rings. The number of carbonyl (C=O) groups excluding carboxylic acids is 2. The predicted molar refractivity (Wildman–Crippen MR) is 98.6 cm³/mol. The van der Waals surface area contributed by atoms with E-state index in [1.165, 1.54) is 11.0 Å². The zero-order chi connectivity index (χ0) is 18.8. The average Bonchev–Trinajstić information content (AvgIpc) is 2.59. The number of amides is 2. The van der Waals surface area contributed by atoms with Crippen molar-refractivity contribution in [2.75, 3.05) is 16.8 Å². The lowest BCUT2D eigenvalue weighted by Gasteiger charge is -2.29. The number of nitrogens with zero attached hydrogens (tertiary/aromatic N) is 1. The van der Waals surface area contributed by atoms with Gasteiger partial charge in [0.25, 0.3) is 0 Å². The van der Waals surface area contributed by atoms with E-state index in [0.29, 0.717) is 24.1 Å². The fraction of sp³-hybridized carbons (Fsp3) is 0.250. The lowest BCUT2D eigenvalue weighted by Crippen LogP contribution is -2.40. The number of hydrogen-bond acceptors (Lipinski definition) is 3. The summed E-state index contributed by atoms with van der Waals surface area (Å²) in [5.74, 6) is -1.50. The van der Waals surface area contributed by atoms with Crippen molar-refractivity contribution in [3.8, 4) is 0 Å². The van der Waals surface area contributed by atoms with E-state index in [9.17, 15) is 19.5 Å². The Morgan fingerprint density at radius 1 is 1.12 bits per heavy atom. The van der Waals surface area contributed by atoms with Crippen LogP contribution in [0.3, 0.4) is 0 Å². The molecule has 0 bridgehead atoms. The quantitative estimate of drug-likeness (QED) is 0.886. The van der Waals surface area contributed by atoms with Crippen LogP contribution in [0.5, 0.6) is 0 Å². The molecule has 0 saturated heterocycles. The van der Waals surface area contributed by atoms with Crippen LogP contribution in [0, 0.1) is 13.8 Å². The summed E-state index contributed by atoms with van der Waals surface area (Å²) in [5, 5.41) is 12.0. The maximum atomic E-state index is 12.5. The van der Waals surface area contributed by atoms with Crippen molar-refractivity contribution in [1.29, 1.82) is 0 Å². The minimum atomic E-state index is -1.04. The lowest BCUT2D eigenvalue weighted by atomic mass is 10.0. The summed E-state index contributed by atoms with van der Waals surface area (Å²) in [7, 11) is 0. The maximum Gasteiger partial charge on any atom is 0.336 e. The molecule has 0 saturated carbocycles. The molecule has 2 N–H and O–H groups in total. The third-order valence-electron chi connectivity index (χ3n) is 4.57. The van der Waals surface area contributed by atoms with Crippen LogP contribution in [0.15, 0.2) is 36.4 Å². The summed E-state index contributed by atoms with van der Waals surface area (Å²) >= 11 is 0. The zero-order valence-corrected chi connectivity index (χ0v) is 14.7. The average molecular weight is 352 g/mol. The second-order valence-corrected chi connectivity index (χ2v) is 6.44. The van der Waals surface area contributed by atoms with Gasteiger partial charge in [-0.25, -0.2) is 4.79 Å². The van der Waals surface area contributed by atoms with Gasteiger partial charge >= 0.3 is 5.97 Å². The summed E-state index contributed by atoms with van der Waals surface area (Å²) in [5.41, 5.74) is 3.78. The number of rotatable bonds is 4. The molecule has 3 rings (SSSR count). The van der Waals surface area contributed by atoms with Crippen molar-refractivity contribution in [3.63, 3.8) is 0 Å². The van der Waals surface area contributed by atoms with Gasteiger partial charge in [0, 0.05) is 17.8 Å². The number of aromatic carboxylic acids is 1. The highest BCUT2D eigenvalue weighted by atomic mass is 16.4. The Morgan fingerprint density at radius 3 is 2.58 bits per heavy atom. The summed E-state index contributed by atoms with van der Waals surface area (Å²) in [6.07, 6.45) is 1.04. The highest BCUT2D eigenvalue weighted by molar-refractivity contribution is 6.04. The van der Waals surface area contributed by atoms with E-state index in [1.807, 2.05) is 24.3 Å². The molecule has 1 aliphatic heterocycles. The summed E-state index contributed by atoms with van der Waals surface area (Å²) in [6, 6.07) is 10.7. The Morgan fingerprint density at radius 2 is 1.85 bits per heavy atom. The smallest absolute Gasteiger partial charge is 0.336 e. The molecule has 26 heavy (non-hydrogen) atoms. The normalized spacial score (nSPS) is 13.3. The summed E-state index contributed by atoms with van der Waals surface area (Å²) in [6.45, 7) is 3.41. The second kappa shape index (κ2) is 7.00. The molecule has 0 atom stereocenters. The van der Waals surface area contributed by atoms with Gasteiger partial charge in [-0.05, 0) is 49.1 Å².